The van der Waals surface area contributed by atoms with Crippen LogP contribution in [0.2, 0.25) is 0 Å². The van der Waals surface area contributed by atoms with Crippen molar-refractivity contribution in [3.63, 3.8) is 0 Å². The summed E-state index contributed by atoms with van der Waals surface area (Å²) in [5, 5.41) is 0. The maximum atomic E-state index is 12.1. The van der Waals surface area contributed by atoms with E-state index in [4.69, 9.17) is 4.74 Å². The number of rotatable bonds is 3. The summed E-state index contributed by atoms with van der Waals surface area (Å²) in [4.78, 5) is 2.44. The first-order valence-electron chi connectivity index (χ1n) is 5.26. The van der Waals surface area contributed by atoms with Crippen molar-refractivity contribution < 1.29 is 9.13 Å². The Labute approximate surface area is 79.1 Å². The van der Waals surface area contributed by atoms with Crippen molar-refractivity contribution in [3.8, 4) is 0 Å². The van der Waals surface area contributed by atoms with Crippen molar-refractivity contribution in [1.82, 2.24) is 4.90 Å². The van der Waals surface area contributed by atoms with Gasteiger partial charge in [0.2, 0.25) is 0 Å². The van der Waals surface area contributed by atoms with Crippen LogP contribution < -0.4 is 0 Å². The van der Waals surface area contributed by atoms with Gasteiger partial charge in [0.25, 0.3) is 0 Å². The number of likely N-dealkylation sites (tertiary alicyclic amines) is 1. The summed E-state index contributed by atoms with van der Waals surface area (Å²) in [5.74, 6) is 0. The van der Waals surface area contributed by atoms with Gasteiger partial charge in [-0.2, -0.15) is 0 Å². The monoisotopic (exact) mass is 187 g/mol. The van der Waals surface area contributed by atoms with Crippen LogP contribution in [0.5, 0.6) is 0 Å². The molecule has 2 rings (SSSR count). The fourth-order valence-electron chi connectivity index (χ4n) is 2.64. The lowest BCUT2D eigenvalue weighted by Crippen LogP contribution is -2.44. The summed E-state index contributed by atoms with van der Waals surface area (Å²) in [7, 11) is 0. The van der Waals surface area contributed by atoms with Gasteiger partial charge in [0.05, 0.1) is 13.3 Å². The lowest BCUT2D eigenvalue weighted by molar-refractivity contribution is 0.0988. The van der Waals surface area contributed by atoms with Crippen LogP contribution in [0.1, 0.15) is 25.7 Å². The van der Waals surface area contributed by atoms with Crippen molar-refractivity contribution >= 4 is 0 Å². The fraction of sp³-hybridized carbons (Fsp3) is 1.00. The molecule has 13 heavy (non-hydrogen) atoms. The van der Waals surface area contributed by atoms with Gasteiger partial charge in [-0.05, 0) is 32.2 Å². The van der Waals surface area contributed by atoms with Gasteiger partial charge < -0.3 is 4.74 Å². The first-order chi connectivity index (χ1) is 6.37. The summed E-state index contributed by atoms with van der Waals surface area (Å²) in [6.45, 7) is 3.64. The number of ether oxygens (including phenoxy) is 1. The predicted molar refractivity (Wildman–Crippen MR) is 49.6 cm³/mol. The zero-order chi connectivity index (χ0) is 9.15. The van der Waals surface area contributed by atoms with E-state index in [-0.39, 0.29) is 6.67 Å². The molecule has 76 valence electrons. The smallest absolute Gasteiger partial charge is 0.0906 e. The minimum atomic E-state index is -0.187. The highest BCUT2D eigenvalue weighted by molar-refractivity contribution is 4.98. The van der Waals surface area contributed by atoms with E-state index in [1.165, 1.54) is 12.8 Å². The Kier molecular flexibility index (Phi) is 2.84. The Morgan fingerprint density at radius 1 is 1.38 bits per heavy atom. The van der Waals surface area contributed by atoms with E-state index in [1.54, 1.807) is 0 Å². The Bertz CT molecular complexity index is 163. The first kappa shape index (κ1) is 9.41. The average Bonchev–Trinajstić information content (AvgIpc) is 2.75. The Morgan fingerprint density at radius 3 is 3.00 bits per heavy atom. The van der Waals surface area contributed by atoms with Crippen molar-refractivity contribution in [2.45, 2.75) is 31.2 Å². The maximum Gasteiger partial charge on any atom is 0.0906 e. The normalized spacial score (nSPS) is 34.8. The predicted octanol–water partition coefficient (Wildman–Crippen LogP) is 1.60. The largest absolute Gasteiger partial charge is 0.379 e. The van der Waals surface area contributed by atoms with Gasteiger partial charge in [-0.3, -0.25) is 9.29 Å². The first-order valence-corrected chi connectivity index (χ1v) is 5.26. The van der Waals surface area contributed by atoms with Crippen LogP contribution in [0.3, 0.4) is 0 Å². The van der Waals surface area contributed by atoms with E-state index < -0.39 is 0 Å². The molecule has 2 heterocycles. The summed E-state index contributed by atoms with van der Waals surface area (Å²) in [5.41, 5.74) is 0.301. The molecule has 1 spiro atoms. The zero-order valence-electron chi connectivity index (χ0n) is 8.10. The molecule has 0 amide bonds. The van der Waals surface area contributed by atoms with Gasteiger partial charge >= 0.3 is 0 Å². The molecule has 1 unspecified atom stereocenters. The van der Waals surface area contributed by atoms with Crippen molar-refractivity contribution in [2.24, 2.45) is 0 Å². The lowest BCUT2D eigenvalue weighted by Gasteiger charge is -2.33. The van der Waals surface area contributed by atoms with Crippen LogP contribution in [-0.2, 0) is 4.74 Å². The molecule has 0 aromatic carbocycles. The third-order valence-corrected chi connectivity index (χ3v) is 3.39. The standard InChI is InChI=1S/C10H18FNO/c11-5-2-7-12-6-1-3-10(12)4-8-13-9-10/h1-9H2. The molecule has 0 aromatic heterocycles. The number of nitrogens with zero attached hydrogens (tertiary/aromatic N) is 1. The molecule has 2 aliphatic heterocycles. The highest BCUT2D eigenvalue weighted by atomic mass is 19.1. The number of hydrogen-bond donors (Lipinski definition) is 0. The molecule has 0 bridgehead atoms. The summed E-state index contributed by atoms with van der Waals surface area (Å²) in [6.07, 6.45) is 4.34. The van der Waals surface area contributed by atoms with E-state index in [2.05, 4.69) is 4.90 Å². The third-order valence-electron chi connectivity index (χ3n) is 3.39. The summed E-state index contributed by atoms with van der Waals surface area (Å²) >= 11 is 0. The molecule has 0 aliphatic carbocycles. The quantitative estimate of drug-likeness (QED) is 0.665. The molecule has 2 aliphatic rings. The average molecular weight is 187 g/mol. The molecule has 0 N–H and O–H groups in total. The van der Waals surface area contributed by atoms with Crippen molar-refractivity contribution in [3.05, 3.63) is 0 Å². The van der Waals surface area contributed by atoms with Crippen LogP contribution in [0, 0.1) is 0 Å². The molecule has 0 saturated carbocycles. The topological polar surface area (TPSA) is 12.5 Å². The number of alkyl halides is 1. The Balaban J connectivity index is 1.93. The maximum absolute atomic E-state index is 12.1. The molecule has 1 atom stereocenters. The molecular weight excluding hydrogens is 169 g/mol. The van der Waals surface area contributed by atoms with Gasteiger partial charge in [0, 0.05) is 18.7 Å². The second-order valence-electron chi connectivity index (χ2n) is 4.16. The molecule has 0 aromatic rings. The van der Waals surface area contributed by atoms with E-state index >= 15 is 0 Å². The van der Waals surface area contributed by atoms with Crippen LogP contribution in [-0.4, -0.2) is 43.4 Å². The number of hydrogen-bond acceptors (Lipinski definition) is 2. The van der Waals surface area contributed by atoms with Crippen LogP contribution >= 0.6 is 0 Å². The zero-order valence-corrected chi connectivity index (χ0v) is 8.10. The molecular formula is C10H18FNO. The second kappa shape index (κ2) is 3.93. The lowest BCUT2D eigenvalue weighted by atomic mass is 9.95. The molecule has 2 fully saturated rings. The van der Waals surface area contributed by atoms with E-state index in [0.717, 1.165) is 32.7 Å². The van der Waals surface area contributed by atoms with Gasteiger partial charge in [0.15, 0.2) is 0 Å². The highest BCUT2D eigenvalue weighted by Gasteiger charge is 2.43. The summed E-state index contributed by atoms with van der Waals surface area (Å²) < 4.78 is 17.5. The minimum absolute atomic E-state index is 0.187. The Hall–Kier alpha value is -0.150. The molecule has 0 radical (unpaired) electrons. The third kappa shape index (κ3) is 1.72. The molecule has 3 heteroatoms. The van der Waals surface area contributed by atoms with Gasteiger partial charge in [-0.25, -0.2) is 0 Å². The van der Waals surface area contributed by atoms with Crippen molar-refractivity contribution in [1.29, 1.82) is 0 Å². The summed E-state index contributed by atoms with van der Waals surface area (Å²) in [6, 6.07) is 0. The molecule has 2 nitrogen and oxygen atoms in total. The van der Waals surface area contributed by atoms with E-state index in [9.17, 15) is 4.39 Å². The second-order valence-corrected chi connectivity index (χ2v) is 4.16. The van der Waals surface area contributed by atoms with Crippen molar-refractivity contribution in [2.75, 3.05) is 33.0 Å². The van der Waals surface area contributed by atoms with Gasteiger partial charge in [0.1, 0.15) is 0 Å². The fourth-order valence-corrected chi connectivity index (χ4v) is 2.64. The highest BCUT2D eigenvalue weighted by Crippen LogP contribution is 2.36. The van der Waals surface area contributed by atoms with Gasteiger partial charge in [-0.1, -0.05) is 0 Å². The van der Waals surface area contributed by atoms with Gasteiger partial charge in [-0.15, -0.1) is 0 Å². The van der Waals surface area contributed by atoms with Crippen LogP contribution in [0.25, 0.3) is 0 Å². The Morgan fingerprint density at radius 2 is 2.31 bits per heavy atom. The van der Waals surface area contributed by atoms with E-state index in [0.29, 0.717) is 12.0 Å². The molecule has 2 saturated heterocycles. The minimum Gasteiger partial charge on any atom is -0.379 e. The van der Waals surface area contributed by atoms with E-state index in [1.807, 2.05) is 0 Å². The van der Waals surface area contributed by atoms with Crippen LogP contribution in [0.15, 0.2) is 0 Å². The van der Waals surface area contributed by atoms with Crippen LogP contribution in [0.4, 0.5) is 4.39 Å². The number of halogens is 1. The SMILES string of the molecule is FCCCN1CCCC12CCOC2.